The van der Waals surface area contributed by atoms with E-state index in [0.29, 0.717) is 0 Å². The van der Waals surface area contributed by atoms with Gasteiger partial charge in [0, 0.05) is 0 Å². The molecule has 0 amide bonds. The molecule has 0 radical (unpaired) electrons. The zero-order valence-corrected chi connectivity index (χ0v) is 42.4. The molecule has 0 aliphatic heterocycles. The molecule has 0 bridgehead atoms. The summed E-state index contributed by atoms with van der Waals surface area (Å²) < 4.78 is 43.7. The molecule has 370 valence electrons. The Balaban J connectivity index is 2.14. The number of carbonyl (C=O) groups is 2. The Bertz CT molecular complexity index is 1400. The maximum absolute atomic E-state index is 13.0. The minimum absolute atomic E-state index is 0.136. The molecule has 0 aliphatic carbocycles. The van der Waals surface area contributed by atoms with Crippen LogP contribution in [0.4, 0.5) is 0 Å². The van der Waals surface area contributed by atoms with E-state index in [1.54, 1.807) is 12.2 Å². The third-order valence-electron chi connectivity index (χ3n) is 12.7. The highest BCUT2D eigenvalue weighted by Crippen LogP contribution is 2.21. The van der Waals surface area contributed by atoms with Crippen LogP contribution in [-0.2, 0) is 19.6 Å². The lowest BCUT2D eigenvalue weighted by atomic mass is 10.0. The first-order valence-electron chi connectivity index (χ1n) is 27.1. The molecule has 1 N–H and O–H groups in total. The Kier molecular flexibility index (Phi) is 41.3. The van der Waals surface area contributed by atoms with E-state index in [1.807, 2.05) is 0 Å². The van der Waals surface area contributed by atoms with E-state index in [4.69, 9.17) is 9.47 Å². The Morgan fingerprint density at radius 3 is 0.922 bits per heavy atom. The average molecular weight is 915 g/mol. The van der Waals surface area contributed by atoms with Crippen molar-refractivity contribution in [1.29, 1.82) is 0 Å². The van der Waals surface area contributed by atoms with Crippen LogP contribution >= 0.6 is 0 Å². The third kappa shape index (κ3) is 36.7. The van der Waals surface area contributed by atoms with Crippen LogP contribution in [0.15, 0.2) is 47.8 Å². The number of esters is 2. The van der Waals surface area contributed by atoms with E-state index < -0.39 is 27.0 Å². The van der Waals surface area contributed by atoms with Crippen LogP contribution in [0.5, 0.6) is 0 Å². The van der Waals surface area contributed by atoms with Crippen LogP contribution in [0.3, 0.4) is 0 Å². The largest absolute Gasteiger partial charge is 0.431 e. The standard InChI is InChI=1S/C56H98O7S/c1-3-5-7-9-11-13-15-17-19-21-23-25-27-29-31-33-35-37-39-41-43-45-49-62-55(57)53-48-47-52(64(59,60)61)51-54(53)56(58)63-50-46-44-42-40-38-36-34-32-30-28-26-24-22-20-18-16-14-12-10-8-6-4-2/h45-51H,3-44H2,1-2H3,(H,59,60,61)/b49-45+,50-46+. The molecule has 1 aromatic rings. The minimum Gasteiger partial charge on any atom is -0.431 e. The zero-order valence-electron chi connectivity index (χ0n) is 41.5. The van der Waals surface area contributed by atoms with Crippen molar-refractivity contribution in [3.63, 3.8) is 0 Å². The summed E-state index contributed by atoms with van der Waals surface area (Å²) >= 11 is 0. The summed E-state index contributed by atoms with van der Waals surface area (Å²) in [6, 6.07) is 3.18. The number of ether oxygens (including phenoxy) is 2. The van der Waals surface area contributed by atoms with Crippen LogP contribution in [0.1, 0.15) is 304 Å². The maximum Gasteiger partial charge on any atom is 0.343 e. The topological polar surface area (TPSA) is 107 Å². The highest BCUT2D eigenvalue weighted by atomic mass is 32.2. The second-order valence-electron chi connectivity index (χ2n) is 18.7. The minimum atomic E-state index is -4.60. The number of benzene rings is 1. The molecule has 0 aromatic heterocycles. The molecule has 0 fully saturated rings. The summed E-state index contributed by atoms with van der Waals surface area (Å²) in [5.41, 5.74) is -0.422. The monoisotopic (exact) mass is 915 g/mol. The second kappa shape index (κ2) is 44.4. The van der Waals surface area contributed by atoms with Crippen LogP contribution < -0.4 is 0 Å². The summed E-state index contributed by atoms with van der Waals surface area (Å²) in [5, 5.41) is 0. The van der Waals surface area contributed by atoms with Gasteiger partial charge in [0.25, 0.3) is 10.1 Å². The molecule has 0 saturated carbocycles. The Hall–Kier alpha value is -2.45. The van der Waals surface area contributed by atoms with Crippen LogP contribution in [0.2, 0.25) is 0 Å². The predicted octanol–water partition coefficient (Wildman–Crippen LogP) is 18.7. The molecular formula is C56H98O7S. The molecule has 0 heterocycles. The molecule has 8 heteroatoms. The number of rotatable bonds is 47. The van der Waals surface area contributed by atoms with E-state index in [0.717, 1.165) is 56.7 Å². The van der Waals surface area contributed by atoms with Gasteiger partial charge in [-0.2, -0.15) is 8.42 Å². The van der Waals surface area contributed by atoms with Gasteiger partial charge >= 0.3 is 11.9 Å². The fourth-order valence-corrected chi connectivity index (χ4v) is 9.06. The fraction of sp³-hybridized carbons (Fsp3) is 0.786. The first-order valence-corrected chi connectivity index (χ1v) is 28.6. The fourth-order valence-electron chi connectivity index (χ4n) is 8.55. The zero-order chi connectivity index (χ0) is 46.4. The van der Waals surface area contributed by atoms with Crippen LogP contribution in [-0.4, -0.2) is 24.9 Å². The van der Waals surface area contributed by atoms with Gasteiger partial charge < -0.3 is 9.47 Å². The number of carbonyl (C=O) groups excluding carboxylic acids is 2. The van der Waals surface area contributed by atoms with Crippen molar-refractivity contribution in [2.45, 2.75) is 288 Å². The quantitative estimate of drug-likeness (QED) is 0.0300. The highest BCUT2D eigenvalue weighted by Gasteiger charge is 2.23. The number of hydrogen-bond acceptors (Lipinski definition) is 6. The van der Waals surface area contributed by atoms with Crippen LogP contribution in [0, 0.1) is 0 Å². The molecule has 0 aliphatic rings. The molecule has 0 saturated heterocycles. The predicted molar refractivity (Wildman–Crippen MR) is 271 cm³/mol. The lowest BCUT2D eigenvalue weighted by Crippen LogP contribution is -2.13. The first-order chi connectivity index (χ1) is 31.3. The van der Waals surface area contributed by atoms with Crippen LogP contribution in [0.25, 0.3) is 0 Å². The summed E-state index contributed by atoms with van der Waals surface area (Å²) in [7, 11) is -4.60. The van der Waals surface area contributed by atoms with E-state index in [1.165, 1.54) is 244 Å². The number of unbranched alkanes of at least 4 members (excludes halogenated alkanes) is 40. The van der Waals surface area contributed by atoms with E-state index in [-0.39, 0.29) is 11.1 Å². The molecule has 0 unspecified atom stereocenters. The van der Waals surface area contributed by atoms with Gasteiger partial charge in [-0.15, -0.1) is 0 Å². The normalized spacial score (nSPS) is 11.9. The van der Waals surface area contributed by atoms with Gasteiger partial charge in [0.2, 0.25) is 0 Å². The lowest BCUT2D eigenvalue weighted by molar-refractivity contribution is 0.0617. The summed E-state index contributed by atoms with van der Waals surface area (Å²) in [5.74, 6) is -1.70. The molecule has 1 aromatic carbocycles. The van der Waals surface area contributed by atoms with Crippen molar-refractivity contribution in [3.8, 4) is 0 Å². The Morgan fingerprint density at radius 1 is 0.406 bits per heavy atom. The summed E-state index contributed by atoms with van der Waals surface area (Å²) in [6.45, 7) is 4.56. The van der Waals surface area contributed by atoms with Gasteiger partial charge in [-0.1, -0.05) is 258 Å². The van der Waals surface area contributed by atoms with E-state index in [2.05, 4.69) is 13.8 Å². The van der Waals surface area contributed by atoms with Gasteiger partial charge in [0.1, 0.15) is 0 Å². The van der Waals surface area contributed by atoms with Gasteiger partial charge in [-0.3, -0.25) is 4.55 Å². The first kappa shape index (κ1) is 59.6. The van der Waals surface area contributed by atoms with Crippen molar-refractivity contribution in [3.05, 3.63) is 54.0 Å². The van der Waals surface area contributed by atoms with Gasteiger partial charge in [-0.25, -0.2) is 9.59 Å². The third-order valence-corrected chi connectivity index (χ3v) is 13.6. The smallest absolute Gasteiger partial charge is 0.343 e. The van der Waals surface area contributed by atoms with Gasteiger partial charge in [0.05, 0.1) is 28.5 Å². The Labute approximate surface area is 394 Å². The van der Waals surface area contributed by atoms with Crippen molar-refractivity contribution in [2.75, 3.05) is 0 Å². The lowest BCUT2D eigenvalue weighted by Gasteiger charge is -2.08. The van der Waals surface area contributed by atoms with Gasteiger partial charge in [0.15, 0.2) is 0 Å². The van der Waals surface area contributed by atoms with Crippen molar-refractivity contribution < 1.29 is 32.0 Å². The highest BCUT2D eigenvalue weighted by molar-refractivity contribution is 7.85. The maximum atomic E-state index is 13.0. The van der Waals surface area contributed by atoms with Gasteiger partial charge in [-0.05, 0) is 56.0 Å². The molecule has 1 rings (SSSR count). The summed E-state index contributed by atoms with van der Waals surface area (Å²) in [6.07, 6.45) is 61.1. The Morgan fingerprint density at radius 2 is 0.656 bits per heavy atom. The van der Waals surface area contributed by atoms with Crippen molar-refractivity contribution in [2.24, 2.45) is 0 Å². The second-order valence-corrected chi connectivity index (χ2v) is 20.2. The molecule has 64 heavy (non-hydrogen) atoms. The summed E-state index contributed by atoms with van der Waals surface area (Å²) in [4.78, 5) is 25.4. The SMILES string of the molecule is CCCCCCCCCCCCCCCCCCCCCC/C=C/OC(=O)c1ccc(S(=O)(=O)O)cc1C(=O)O/C=C/CCCCCCCCCCCCCCCCCCCCCC. The molecular weight excluding hydrogens is 817 g/mol. The van der Waals surface area contributed by atoms with Crippen molar-refractivity contribution >= 4 is 22.1 Å². The van der Waals surface area contributed by atoms with Crippen molar-refractivity contribution in [1.82, 2.24) is 0 Å². The molecule has 0 atom stereocenters. The number of hydrogen-bond donors (Lipinski definition) is 1. The number of allylic oxidation sites excluding steroid dienone is 2. The van der Waals surface area contributed by atoms with E-state index in [9.17, 15) is 22.6 Å². The molecule has 0 spiro atoms. The average Bonchev–Trinajstić information content (AvgIpc) is 3.28. The molecule has 7 nitrogen and oxygen atoms in total. The van der Waals surface area contributed by atoms with E-state index >= 15 is 0 Å².